The number of nitro groups is 1. The molecule has 0 amide bonds. The van der Waals surface area contributed by atoms with Crippen LogP contribution in [0.3, 0.4) is 0 Å². The van der Waals surface area contributed by atoms with Gasteiger partial charge in [0.2, 0.25) is 5.67 Å². The number of carbonyl (C=O) groups excluding carboxylic acids is 1. The topological polar surface area (TPSA) is 78.7 Å². The predicted octanol–water partition coefficient (Wildman–Crippen LogP) is 2.35. The van der Waals surface area contributed by atoms with Crippen LogP contribution < -0.4 is 4.74 Å². The van der Waals surface area contributed by atoms with Gasteiger partial charge in [0.15, 0.2) is 5.75 Å². The summed E-state index contributed by atoms with van der Waals surface area (Å²) in [7, 11) is 1.23. The van der Waals surface area contributed by atoms with Gasteiger partial charge in [0.1, 0.15) is 0 Å². The lowest BCUT2D eigenvalue weighted by Gasteiger charge is -2.19. The number of rotatable bonds is 5. The van der Waals surface area contributed by atoms with Crippen molar-refractivity contribution in [3.8, 4) is 5.75 Å². The molecule has 0 aliphatic heterocycles. The van der Waals surface area contributed by atoms with Gasteiger partial charge in [-0.2, -0.15) is 0 Å². The predicted molar refractivity (Wildman–Crippen MR) is 64.7 cm³/mol. The van der Waals surface area contributed by atoms with Gasteiger partial charge in [-0.15, -0.1) is 0 Å². The highest BCUT2D eigenvalue weighted by molar-refractivity contribution is 5.81. The minimum atomic E-state index is -2.39. The summed E-state index contributed by atoms with van der Waals surface area (Å²) in [6.45, 7) is 2.64. The van der Waals surface area contributed by atoms with Gasteiger partial charge in [-0.25, -0.2) is 9.18 Å². The van der Waals surface area contributed by atoms with Crippen molar-refractivity contribution in [3.05, 3.63) is 33.9 Å². The third-order valence-electron chi connectivity index (χ3n) is 2.58. The monoisotopic (exact) mass is 271 g/mol. The molecule has 1 atom stereocenters. The second-order valence-electron chi connectivity index (χ2n) is 3.87. The molecule has 0 fully saturated rings. The highest BCUT2D eigenvalue weighted by Gasteiger charge is 2.38. The lowest BCUT2D eigenvalue weighted by molar-refractivity contribution is -0.385. The molecule has 0 saturated heterocycles. The van der Waals surface area contributed by atoms with Crippen LogP contribution in [0.2, 0.25) is 0 Å². The highest BCUT2D eigenvalue weighted by atomic mass is 19.1. The smallest absolute Gasteiger partial charge is 0.348 e. The van der Waals surface area contributed by atoms with E-state index in [1.165, 1.54) is 7.11 Å². The van der Waals surface area contributed by atoms with Crippen LogP contribution in [-0.2, 0) is 15.2 Å². The van der Waals surface area contributed by atoms with Crippen molar-refractivity contribution >= 4 is 11.7 Å². The van der Waals surface area contributed by atoms with Crippen LogP contribution in [0.5, 0.6) is 5.75 Å². The van der Waals surface area contributed by atoms with E-state index >= 15 is 0 Å². The van der Waals surface area contributed by atoms with E-state index in [1.54, 1.807) is 6.92 Å². The summed E-state index contributed by atoms with van der Waals surface area (Å²) in [5.41, 5.74) is -2.75. The summed E-state index contributed by atoms with van der Waals surface area (Å²) >= 11 is 0. The summed E-state index contributed by atoms with van der Waals surface area (Å²) < 4.78 is 23.8. The van der Waals surface area contributed by atoms with Gasteiger partial charge in [0.05, 0.1) is 18.6 Å². The highest BCUT2D eigenvalue weighted by Crippen LogP contribution is 2.34. The first kappa shape index (κ1) is 14.9. The molecule has 104 valence electrons. The van der Waals surface area contributed by atoms with E-state index in [1.807, 2.05) is 0 Å². The fourth-order valence-corrected chi connectivity index (χ4v) is 1.50. The lowest BCUT2D eigenvalue weighted by atomic mass is 9.97. The van der Waals surface area contributed by atoms with Crippen LogP contribution >= 0.6 is 0 Å². The summed E-state index contributed by atoms with van der Waals surface area (Å²) in [6.07, 6.45) is 0. The van der Waals surface area contributed by atoms with Gasteiger partial charge in [0.25, 0.3) is 0 Å². The number of methoxy groups -OCH3 is 1. The molecule has 0 bridgehead atoms. The van der Waals surface area contributed by atoms with Gasteiger partial charge in [-0.1, -0.05) is 0 Å². The molecule has 0 aliphatic rings. The molecular weight excluding hydrogens is 257 g/mol. The van der Waals surface area contributed by atoms with E-state index in [9.17, 15) is 19.3 Å². The van der Waals surface area contributed by atoms with E-state index in [2.05, 4.69) is 4.74 Å². The summed E-state index contributed by atoms with van der Waals surface area (Å²) in [5.74, 6) is -1.17. The van der Waals surface area contributed by atoms with E-state index in [0.717, 1.165) is 25.1 Å². The average Bonchev–Trinajstić information content (AvgIpc) is 2.37. The Labute approximate surface area is 109 Å². The fourth-order valence-electron chi connectivity index (χ4n) is 1.50. The van der Waals surface area contributed by atoms with E-state index in [4.69, 9.17) is 4.74 Å². The van der Waals surface area contributed by atoms with Crippen LogP contribution in [0.1, 0.15) is 19.4 Å². The molecular formula is C12H14FNO5. The van der Waals surface area contributed by atoms with Gasteiger partial charge in [-0.05, 0) is 26.0 Å². The molecule has 1 aromatic rings. The second kappa shape index (κ2) is 5.64. The van der Waals surface area contributed by atoms with Gasteiger partial charge in [-0.3, -0.25) is 10.1 Å². The molecule has 0 heterocycles. The first-order valence-electron chi connectivity index (χ1n) is 5.53. The molecule has 0 aliphatic carbocycles. The SMILES string of the molecule is CCOC(=O)C(C)(F)c1ccc([N+](=O)[O-])c(OC)c1. The number of hydrogen-bond donors (Lipinski definition) is 0. The Balaban J connectivity index is 3.21. The maximum Gasteiger partial charge on any atom is 0.348 e. The molecule has 1 rings (SSSR count). The second-order valence-corrected chi connectivity index (χ2v) is 3.87. The standard InChI is InChI=1S/C12H14FNO5/c1-4-19-11(15)12(2,13)8-5-6-9(14(16)17)10(7-8)18-3/h5-7H,4H2,1-3H3. The number of ether oxygens (including phenoxy) is 2. The molecule has 7 heteroatoms. The molecule has 6 nitrogen and oxygen atoms in total. The van der Waals surface area contributed by atoms with E-state index in [-0.39, 0.29) is 23.6 Å². The summed E-state index contributed by atoms with van der Waals surface area (Å²) in [4.78, 5) is 21.6. The number of esters is 1. The zero-order chi connectivity index (χ0) is 14.6. The van der Waals surface area contributed by atoms with Crippen molar-refractivity contribution in [2.75, 3.05) is 13.7 Å². The first-order valence-corrected chi connectivity index (χ1v) is 5.53. The molecule has 0 saturated carbocycles. The largest absolute Gasteiger partial charge is 0.490 e. The van der Waals surface area contributed by atoms with Crippen LogP contribution in [-0.4, -0.2) is 24.6 Å². The number of alkyl halides is 1. The Morgan fingerprint density at radius 2 is 2.16 bits per heavy atom. The molecule has 0 N–H and O–H groups in total. The van der Waals surface area contributed by atoms with Crippen molar-refractivity contribution in [1.29, 1.82) is 0 Å². The van der Waals surface area contributed by atoms with Crippen molar-refractivity contribution in [3.63, 3.8) is 0 Å². The Hall–Kier alpha value is -2.18. The van der Waals surface area contributed by atoms with Gasteiger partial charge < -0.3 is 9.47 Å². The number of hydrogen-bond acceptors (Lipinski definition) is 5. The number of nitrogens with zero attached hydrogens (tertiary/aromatic N) is 1. The van der Waals surface area contributed by atoms with Crippen molar-refractivity contribution in [2.24, 2.45) is 0 Å². The van der Waals surface area contributed by atoms with Crippen LogP contribution in [0.25, 0.3) is 0 Å². The van der Waals surface area contributed by atoms with E-state index in [0.29, 0.717) is 0 Å². The van der Waals surface area contributed by atoms with Crippen LogP contribution in [0.4, 0.5) is 10.1 Å². The number of halogens is 1. The maximum atomic E-state index is 14.4. The Morgan fingerprint density at radius 1 is 1.53 bits per heavy atom. The molecule has 0 radical (unpaired) electrons. The molecule has 1 unspecified atom stereocenters. The van der Waals surface area contributed by atoms with Crippen molar-refractivity contribution in [2.45, 2.75) is 19.5 Å². The van der Waals surface area contributed by atoms with E-state index < -0.39 is 16.6 Å². The lowest BCUT2D eigenvalue weighted by Crippen LogP contribution is -2.29. The number of benzene rings is 1. The zero-order valence-corrected chi connectivity index (χ0v) is 10.8. The number of nitro benzene ring substituents is 1. The fraction of sp³-hybridized carbons (Fsp3) is 0.417. The third kappa shape index (κ3) is 2.98. The summed E-state index contributed by atoms with van der Waals surface area (Å²) in [5, 5.41) is 10.7. The van der Waals surface area contributed by atoms with Gasteiger partial charge in [0, 0.05) is 11.6 Å². The van der Waals surface area contributed by atoms with Crippen molar-refractivity contribution in [1.82, 2.24) is 0 Å². The minimum absolute atomic E-state index is 0.0441. The Bertz CT molecular complexity index is 501. The third-order valence-corrected chi connectivity index (χ3v) is 2.58. The van der Waals surface area contributed by atoms with Crippen LogP contribution in [0.15, 0.2) is 18.2 Å². The van der Waals surface area contributed by atoms with Crippen LogP contribution in [0, 0.1) is 10.1 Å². The Kier molecular flexibility index (Phi) is 4.42. The Morgan fingerprint density at radius 3 is 2.63 bits per heavy atom. The quantitative estimate of drug-likeness (QED) is 0.466. The zero-order valence-electron chi connectivity index (χ0n) is 10.8. The molecule has 0 aromatic heterocycles. The number of carbonyl (C=O) groups is 1. The summed E-state index contributed by atoms with van der Waals surface area (Å²) in [6, 6.07) is 3.37. The maximum absolute atomic E-state index is 14.4. The van der Waals surface area contributed by atoms with Gasteiger partial charge >= 0.3 is 11.7 Å². The molecule has 19 heavy (non-hydrogen) atoms. The average molecular weight is 271 g/mol. The normalized spacial score (nSPS) is 13.5. The minimum Gasteiger partial charge on any atom is -0.490 e. The molecule has 0 spiro atoms. The first-order chi connectivity index (χ1) is 8.84. The molecule has 1 aromatic carbocycles. The van der Waals surface area contributed by atoms with Crippen molar-refractivity contribution < 1.29 is 23.6 Å².